The Morgan fingerprint density at radius 1 is 1.06 bits per heavy atom. The molecule has 3 aliphatic rings. The molecule has 0 aromatic heterocycles. The molecule has 2 aromatic rings. The molecule has 10 heteroatoms. The minimum Gasteiger partial charge on any atom is -0.324 e. The second-order valence-corrected chi connectivity index (χ2v) is 9.31. The van der Waals surface area contributed by atoms with Gasteiger partial charge in [0.2, 0.25) is 17.7 Å². The van der Waals surface area contributed by atoms with Gasteiger partial charge in [0.15, 0.2) is 0 Å². The Bertz CT molecular complexity index is 1210. The van der Waals surface area contributed by atoms with Crippen LogP contribution in [-0.4, -0.2) is 23.8 Å². The molecule has 2 fully saturated rings. The first-order chi connectivity index (χ1) is 15.5. The number of hydrogen-bond acceptors (Lipinski definition) is 4. The smallest absolute Gasteiger partial charge is 0.324 e. The van der Waals surface area contributed by atoms with E-state index in [-0.39, 0.29) is 16.6 Å². The molecule has 33 heavy (non-hydrogen) atoms. The molecule has 2 N–H and O–H groups in total. The Kier molecular flexibility index (Phi) is 4.68. The lowest BCUT2D eigenvalue weighted by Crippen LogP contribution is -2.54. The van der Waals surface area contributed by atoms with Crippen LogP contribution in [0, 0.1) is 17.8 Å². The lowest BCUT2D eigenvalue weighted by atomic mass is 9.76. The maximum absolute atomic E-state index is 13.7. The highest BCUT2D eigenvalue weighted by Gasteiger charge is 2.71. The summed E-state index contributed by atoms with van der Waals surface area (Å²) < 4.78 is 40.0. The predicted octanol–water partition coefficient (Wildman–Crippen LogP) is 3.94. The minimum atomic E-state index is -4.69. The molecule has 4 atom stereocenters. The van der Waals surface area contributed by atoms with Crippen molar-refractivity contribution in [2.45, 2.75) is 31.6 Å². The molecule has 3 amide bonds. The number of fused-ring (bicyclic) bond motifs is 4. The van der Waals surface area contributed by atoms with Crippen LogP contribution in [0.3, 0.4) is 0 Å². The first-order valence-electron chi connectivity index (χ1n) is 10.4. The first kappa shape index (κ1) is 21.9. The van der Waals surface area contributed by atoms with E-state index in [2.05, 4.69) is 10.6 Å². The number of hydrogen-bond donors (Lipinski definition) is 2. The van der Waals surface area contributed by atoms with Gasteiger partial charge >= 0.3 is 6.18 Å². The van der Waals surface area contributed by atoms with Crippen LogP contribution in [0.15, 0.2) is 42.5 Å². The Labute approximate surface area is 192 Å². The van der Waals surface area contributed by atoms with Crippen LogP contribution in [-0.2, 0) is 26.1 Å². The molecule has 2 aromatic carbocycles. The highest BCUT2D eigenvalue weighted by Crippen LogP contribution is 2.55. The monoisotopic (exact) mass is 477 g/mol. The Morgan fingerprint density at radius 3 is 2.42 bits per heavy atom. The molecule has 0 radical (unpaired) electrons. The number of anilines is 2. The molecular weight excluding hydrogens is 459 g/mol. The fourth-order valence-corrected chi connectivity index (χ4v) is 5.56. The number of alkyl halides is 3. The molecule has 4 unspecified atom stereocenters. The normalized spacial score (nSPS) is 28.6. The minimum absolute atomic E-state index is 0.147. The summed E-state index contributed by atoms with van der Waals surface area (Å²) in [6.45, 7) is 3.70. The molecule has 6 nitrogen and oxygen atoms in total. The van der Waals surface area contributed by atoms with Crippen molar-refractivity contribution in [3.63, 3.8) is 0 Å². The standard InChI is InChI=1S/C23H19ClF3N3O3/c1-10(2)18-16-17(22(29-18)12-5-3-4-6-14(12)28-21(22)33)20(32)30(19(16)31)15-9-11(23(25,26)27)7-8-13(15)24/h3-10,16-18,29H,1-2H3,(H,28,33). The zero-order chi connectivity index (χ0) is 23.9. The van der Waals surface area contributed by atoms with Crippen LogP contribution in [0.2, 0.25) is 5.02 Å². The second kappa shape index (κ2) is 7.04. The first-order valence-corrected chi connectivity index (χ1v) is 10.8. The molecule has 0 bridgehead atoms. The third kappa shape index (κ3) is 2.88. The van der Waals surface area contributed by atoms with Gasteiger partial charge in [-0.1, -0.05) is 43.6 Å². The predicted molar refractivity (Wildman–Crippen MR) is 114 cm³/mol. The van der Waals surface area contributed by atoms with Crippen LogP contribution >= 0.6 is 11.6 Å². The van der Waals surface area contributed by atoms with E-state index in [4.69, 9.17) is 11.6 Å². The zero-order valence-electron chi connectivity index (χ0n) is 17.5. The second-order valence-electron chi connectivity index (χ2n) is 8.90. The van der Waals surface area contributed by atoms with Gasteiger partial charge in [-0.05, 0) is 30.2 Å². The number of amides is 3. The highest BCUT2D eigenvalue weighted by atomic mass is 35.5. The summed E-state index contributed by atoms with van der Waals surface area (Å²) in [7, 11) is 0. The topological polar surface area (TPSA) is 78.5 Å². The van der Waals surface area contributed by atoms with E-state index >= 15 is 0 Å². The van der Waals surface area contributed by atoms with Crippen LogP contribution in [0.4, 0.5) is 24.5 Å². The van der Waals surface area contributed by atoms with Gasteiger partial charge in [-0.15, -0.1) is 0 Å². The number of rotatable bonds is 2. The van der Waals surface area contributed by atoms with E-state index in [9.17, 15) is 27.6 Å². The van der Waals surface area contributed by atoms with E-state index in [1.165, 1.54) is 0 Å². The summed E-state index contributed by atoms with van der Waals surface area (Å²) in [5, 5.41) is 5.87. The van der Waals surface area contributed by atoms with E-state index in [0.29, 0.717) is 17.3 Å². The quantitative estimate of drug-likeness (QED) is 0.642. The summed E-state index contributed by atoms with van der Waals surface area (Å²) >= 11 is 6.17. The summed E-state index contributed by atoms with van der Waals surface area (Å²) in [4.78, 5) is 41.3. The molecule has 1 spiro atoms. The summed E-state index contributed by atoms with van der Waals surface area (Å²) in [5.74, 6) is -4.13. The van der Waals surface area contributed by atoms with Crippen LogP contribution < -0.4 is 15.5 Å². The fourth-order valence-electron chi connectivity index (χ4n) is 5.36. The van der Waals surface area contributed by atoms with E-state index in [0.717, 1.165) is 17.0 Å². The van der Waals surface area contributed by atoms with Gasteiger partial charge in [0, 0.05) is 17.3 Å². The van der Waals surface area contributed by atoms with Crippen molar-refractivity contribution < 1.29 is 27.6 Å². The summed E-state index contributed by atoms with van der Waals surface area (Å²) in [5.41, 5.74) is -1.82. The van der Waals surface area contributed by atoms with Crippen molar-refractivity contribution in [3.05, 3.63) is 58.6 Å². The molecule has 5 rings (SSSR count). The number of nitrogens with zero attached hydrogens (tertiary/aromatic N) is 1. The number of imide groups is 1. The van der Waals surface area contributed by atoms with Crippen molar-refractivity contribution in [2.75, 3.05) is 10.2 Å². The van der Waals surface area contributed by atoms with E-state index in [1.54, 1.807) is 24.3 Å². The molecule has 0 aliphatic carbocycles. The molecular formula is C23H19ClF3N3O3. The fraction of sp³-hybridized carbons (Fsp3) is 0.348. The number of carbonyl (C=O) groups excluding carboxylic acids is 3. The highest BCUT2D eigenvalue weighted by molar-refractivity contribution is 6.36. The van der Waals surface area contributed by atoms with Gasteiger partial charge < -0.3 is 5.32 Å². The Hall–Kier alpha value is -2.91. The maximum atomic E-state index is 13.7. The van der Waals surface area contributed by atoms with Gasteiger partial charge in [0.1, 0.15) is 5.54 Å². The number of para-hydroxylation sites is 1. The SMILES string of the molecule is CC(C)C1NC2(C(=O)Nc3ccccc32)C2C(=O)N(c3cc(C(F)(F)F)ccc3Cl)C(=O)C12. The Morgan fingerprint density at radius 2 is 1.76 bits per heavy atom. The molecule has 3 aliphatic heterocycles. The lowest BCUT2D eigenvalue weighted by molar-refractivity contribution is -0.137. The van der Waals surface area contributed by atoms with Gasteiger partial charge in [-0.3, -0.25) is 19.7 Å². The average molecular weight is 478 g/mol. The maximum Gasteiger partial charge on any atom is 0.416 e. The zero-order valence-corrected chi connectivity index (χ0v) is 18.3. The third-order valence-electron chi connectivity index (χ3n) is 6.79. The van der Waals surface area contributed by atoms with Crippen molar-refractivity contribution in [2.24, 2.45) is 17.8 Å². The van der Waals surface area contributed by atoms with Gasteiger partial charge in [0.05, 0.1) is 28.1 Å². The largest absolute Gasteiger partial charge is 0.416 e. The molecule has 172 valence electrons. The summed E-state index contributed by atoms with van der Waals surface area (Å²) in [6, 6.07) is 8.81. The van der Waals surface area contributed by atoms with Crippen molar-refractivity contribution in [1.82, 2.24) is 5.32 Å². The van der Waals surface area contributed by atoms with E-state index in [1.807, 2.05) is 13.8 Å². The number of benzene rings is 2. The molecule has 3 heterocycles. The van der Waals surface area contributed by atoms with Crippen molar-refractivity contribution in [3.8, 4) is 0 Å². The Balaban J connectivity index is 1.69. The molecule has 2 saturated heterocycles. The summed E-state index contributed by atoms with van der Waals surface area (Å²) in [6.07, 6.45) is -4.69. The lowest BCUT2D eigenvalue weighted by Gasteiger charge is -2.30. The van der Waals surface area contributed by atoms with Crippen LogP contribution in [0.25, 0.3) is 0 Å². The van der Waals surface area contributed by atoms with Gasteiger partial charge in [-0.2, -0.15) is 13.2 Å². The van der Waals surface area contributed by atoms with Crippen molar-refractivity contribution in [1.29, 1.82) is 0 Å². The number of halogens is 4. The van der Waals surface area contributed by atoms with Gasteiger partial charge in [0.25, 0.3) is 0 Å². The van der Waals surface area contributed by atoms with Crippen molar-refractivity contribution >= 4 is 40.7 Å². The molecule has 0 saturated carbocycles. The average Bonchev–Trinajstić information content (AvgIpc) is 3.33. The van der Waals surface area contributed by atoms with Crippen LogP contribution in [0.1, 0.15) is 25.0 Å². The number of nitrogens with one attached hydrogen (secondary N) is 2. The van der Waals surface area contributed by atoms with E-state index < -0.39 is 52.9 Å². The van der Waals surface area contributed by atoms with Crippen LogP contribution in [0.5, 0.6) is 0 Å². The van der Waals surface area contributed by atoms with Gasteiger partial charge in [-0.25, -0.2) is 4.90 Å². The third-order valence-corrected chi connectivity index (χ3v) is 7.11. The number of carbonyl (C=O) groups is 3.